The molecule has 6 nitrogen and oxygen atoms in total. The van der Waals surface area contributed by atoms with Crippen molar-refractivity contribution < 1.29 is 85.1 Å². The van der Waals surface area contributed by atoms with Gasteiger partial charge < -0.3 is 49.7 Å². The van der Waals surface area contributed by atoms with Crippen molar-refractivity contribution in [3.05, 3.63) is 53.6 Å². The van der Waals surface area contributed by atoms with Gasteiger partial charge in [-0.15, -0.1) is 5.38 Å². The fourth-order valence-corrected chi connectivity index (χ4v) is 3.37. The van der Waals surface area contributed by atoms with Gasteiger partial charge in [-0.2, -0.15) is 30.0 Å². The van der Waals surface area contributed by atoms with Gasteiger partial charge in [-0.25, -0.2) is 16.5 Å². The number of hydrogen-bond donors (Lipinski definition) is 1. The molecular formula is C21H23N3O3SUVW-2. The van der Waals surface area contributed by atoms with Crippen molar-refractivity contribution in [2.24, 2.45) is 0 Å². The van der Waals surface area contributed by atoms with Crippen LogP contribution in [0.5, 0.6) is 0 Å². The molecule has 1 radical (unpaired) electrons. The second kappa shape index (κ2) is 16.4. The summed E-state index contributed by atoms with van der Waals surface area (Å²) >= 11 is 1.59. The van der Waals surface area contributed by atoms with Crippen LogP contribution < -0.4 is 15.1 Å². The third-order valence-corrected chi connectivity index (χ3v) is 4.94. The van der Waals surface area contributed by atoms with E-state index in [1.807, 2.05) is 17.5 Å². The van der Waals surface area contributed by atoms with Gasteiger partial charge in [-0.3, -0.25) is 16.9 Å². The summed E-state index contributed by atoms with van der Waals surface area (Å²) in [7, 11) is 0. The molecule has 1 aromatic carbocycles. The Morgan fingerprint density at radius 2 is 2.00 bits per heavy atom. The first-order chi connectivity index (χ1) is 13.6. The molecule has 2 saturated heterocycles. The number of cyclic esters (lactones) is 1. The molecule has 2 amide bonds. The van der Waals surface area contributed by atoms with E-state index < -0.39 is 6.09 Å². The van der Waals surface area contributed by atoms with Crippen molar-refractivity contribution in [2.45, 2.75) is 25.9 Å². The number of rotatable bonds is 4. The first-order valence-electron chi connectivity index (χ1n) is 9.25. The molecule has 1 aromatic heterocycles. The first kappa shape index (κ1) is 30.8. The average Bonchev–Trinajstić information content (AvgIpc) is 3.41. The Bertz CT molecular complexity index is 745. The van der Waals surface area contributed by atoms with E-state index in [-0.39, 0.29) is 82.7 Å². The van der Waals surface area contributed by atoms with Crippen LogP contribution in [0.25, 0.3) is 0 Å². The zero-order valence-corrected chi connectivity index (χ0v) is 26.5. The quantitative estimate of drug-likeness (QED) is 0.481. The van der Waals surface area contributed by atoms with Crippen LogP contribution >= 0.6 is 11.3 Å². The Hall–Kier alpha value is -0.215. The third-order valence-electron chi connectivity index (χ3n) is 4.38. The minimum Gasteiger partial charge on any atom is -0.443 e. The minimum absolute atomic E-state index is 0. The topological polar surface area (TPSA) is 61.9 Å². The molecule has 0 bridgehead atoms. The maximum atomic E-state index is 12.0. The molecule has 2 aliphatic heterocycles. The Kier molecular flexibility index (Phi) is 16.3. The van der Waals surface area contributed by atoms with Gasteiger partial charge >= 0.3 is 27.2 Å². The Morgan fingerprint density at radius 3 is 2.52 bits per heavy atom. The van der Waals surface area contributed by atoms with Crippen molar-refractivity contribution in [1.29, 1.82) is 0 Å². The zero-order chi connectivity index (χ0) is 19.8. The van der Waals surface area contributed by atoms with E-state index in [0.717, 1.165) is 31.6 Å². The van der Waals surface area contributed by atoms with Crippen LogP contribution in [0.1, 0.15) is 19.8 Å². The van der Waals surface area contributed by atoms with Crippen LogP contribution in [0.2, 0.25) is 0 Å². The number of amides is 2. The van der Waals surface area contributed by atoms with Crippen LogP contribution in [0.15, 0.2) is 29.6 Å². The number of piperidine rings is 1. The second-order valence-corrected chi connectivity index (χ2v) is 7.23. The first-order valence-corrected chi connectivity index (χ1v) is 10.1. The molecule has 31 heavy (non-hydrogen) atoms. The van der Waals surface area contributed by atoms with E-state index in [1.165, 1.54) is 6.92 Å². The normalized spacial score (nSPS) is 17.1. The summed E-state index contributed by atoms with van der Waals surface area (Å²) in [6.07, 6.45) is 3.71. The van der Waals surface area contributed by atoms with E-state index in [9.17, 15) is 9.59 Å². The molecule has 2 aromatic rings. The molecule has 0 spiro atoms. The molecule has 0 saturated carbocycles. The number of carbonyl (C=O) groups is 2. The molecule has 1 unspecified atom stereocenters. The van der Waals surface area contributed by atoms with Crippen molar-refractivity contribution in [3.63, 3.8) is 0 Å². The molecular weight excluding hydrogens is 847 g/mol. The van der Waals surface area contributed by atoms with Gasteiger partial charge in [0.25, 0.3) is 0 Å². The number of nitrogens with zero attached hydrogens (tertiary/aromatic N) is 2. The van der Waals surface area contributed by atoms with Gasteiger partial charge in [0.1, 0.15) is 6.10 Å². The van der Waals surface area contributed by atoms with E-state index in [4.69, 9.17) is 4.74 Å². The molecule has 3 heterocycles. The Balaban J connectivity index is 0.000000995. The molecule has 4 rings (SSSR count). The van der Waals surface area contributed by atoms with Gasteiger partial charge in [0.2, 0.25) is 5.91 Å². The second-order valence-electron chi connectivity index (χ2n) is 6.49. The van der Waals surface area contributed by atoms with E-state index in [0.29, 0.717) is 18.8 Å². The standard InChI is InChI=1S/C17H20N3O3.C4H3S.U.V.W/c1-13(21)18-11-16-12-20(17(22)23-16)15-7-5-14(6-8-15)19-9-3-2-4-10-19;1-2-4-5-3-1;;;/h2,7-8,16H,3-4,9-12H2,1H3,(H,18,21);1-3H;;;/q-3;-1;;;+2. The summed E-state index contributed by atoms with van der Waals surface area (Å²) < 4.78 is 5.26. The summed E-state index contributed by atoms with van der Waals surface area (Å²) in [5.41, 5.74) is 1.65. The molecule has 2 fully saturated rings. The fourth-order valence-electron chi connectivity index (χ4n) is 2.97. The van der Waals surface area contributed by atoms with Gasteiger partial charge in [-0.1, -0.05) is 0 Å². The molecule has 1 N–H and O–H groups in total. The van der Waals surface area contributed by atoms with Gasteiger partial charge in [0, 0.05) is 63.1 Å². The van der Waals surface area contributed by atoms with Gasteiger partial charge in [-0.05, 0) is 13.1 Å². The van der Waals surface area contributed by atoms with Crippen LogP contribution in [-0.4, -0.2) is 44.3 Å². The smallest absolute Gasteiger partial charge is 0.443 e. The molecule has 2 aliphatic rings. The number of nitrogens with one attached hydrogen (secondary N) is 1. The van der Waals surface area contributed by atoms with E-state index >= 15 is 0 Å². The maximum absolute atomic E-state index is 12.0. The Labute approximate surface area is 238 Å². The SMILES string of the molecule is CC(=O)NCC1CN(c2c[c-]c(N3CC[CH-]CC3)[c-]c2)C(=O)O1.[U].[V].[W+2].[c-]1cccs1. The van der Waals surface area contributed by atoms with Crippen molar-refractivity contribution in [3.8, 4) is 0 Å². The molecule has 10 heteroatoms. The average molecular weight is 870 g/mol. The summed E-state index contributed by atoms with van der Waals surface area (Å²) in [6, 6.07) is 13.9. The number of hydrogen-bond acceptors (Lipinski definition) is 5. The summed E-state index contributed by atoms with van der Waals surface area (Å²) in [5, 5.41) is 7.55. The predicted octanol–water partition coefficient (Wildman–Crippen LogP) is 3.10. The number of anilines is 2. The van der Waals surface area contributed by atoms with Gasteiger partial charge in [0.05, 0.1) is 6.54 Å². The minimum atomic E-state index is -0.400. The van der Waals surface area contributed by atoms with Crippen LogP contribution in [0, 0.1) is 55.0 Å². The monoisotopic (exact) mass is 870 g/mol. The molecule has 1 atom stereocenters. The molecule has 0 aliphatic carbocycles. The van der Waals surface area contributed by atoms with Crippen molar-refractivity contribution >= 4 is 34.7 Å². The maximum Gasteiger partial charge on any atom is 2.00 e. The van der Waals surface area contributed by atoms with E-state index in [2.05, 4.69) is 34.2 Å². The number of benzene rings is 1. The van der Waals surface area contributed by atoms with Crippen molar-refractivity contribution in [1.82, 2.24) is 5.32 Å². The fraction of sp³-hybridized carbons (Fsp3) is 0.381. The molecule has 163 valence electrons. The summed E-state index contributed by atoms with van der Waals surface area (Å²) in [5.74, 6) is -0.135. The predicted molar refractivity (Wildman–Crippen MR) is 109 cm³/mol. The number of ether oxygens (including phenoxy) is 1. The zero-order valence-electron chi connectivity index (χ0n) is 17.2. The van der Waals surface area contributed by atoms with Gasteiger partial charge in [0.15, 0.2) is 0 Å². The number of carbonyl (C=O) groups excluding carboxylic acids is 2. The van der Waals surface area contributed by atoms with E-state index in [1.54, 1.807) is 28.4 Å². The van der Waals surface area contributed by atoms with Crippen LogP contribution in [-0.2, 0) is 49.2 Å². The van der Waals surface area contributed by atoms with Crippen LogP contribution in [0.4, 0.5) is 16.2 Å². The summed E-state index contributed by atoms with van der Waals surface area (Å²) in [6.45, 7) is 4.15. The van der Waals surface area contributed by atoms with Crippen LogP contribution in [0.3, 0.4) is 0 Å². The van der Waals surface area contributed by atoms with Crippen molar-refractivity contribution in [2.75, 3.05) is 36.0 Å². The Morgan fingerprint density at radius 1 is 1.32 bits per heavy atom. The largest absolute Gasteiger partial charge is 2.00 e. The summed E-state index contributed by atoms with van der Waals surface area (Å²) in [4.78, 5) is 26.7. The number of thiophene rings is 1. The third kappa shape index (κ3) is 10.1.